The molecule has 2 aromatic rings. The molecule has 4 rings (SSSR count). The van der Waals surface area contributed by atoms with E-state index < -0.39 is 0 Å². The molecule has 0 spiro atoms. The minimum Gasteiger partial charge on any atom is -0.334 e. The normalized spacial score (nSPS) is 20.0. The molecule has 0 unspecified atom stereocenters. The van der Waals surface area contributed by atoms with Gasteiger partial charge >= 0.3 is 0 Å². The number of fused-ring (bicyclic) bond motifs is 1. The van der Waals surface area contributed by atoms with Gasteiger partial charge in [-0.25, -0.2) is 4.99 Å². The van der Waals surface area contributed by atoms with Crippen LogP contribution in [0.25, 0.3) is 0 Å². The maximum atomic E-state index is 13.2. The van der Waals surface area contributed by atoms with E-state index >= 15 is 0 Å². The number of carbonyl (C=O) groups is 2. The molecule has 7 heteroatoms. The number of anilines is 1. The number of Topliss-reactive ketones (excluding diaryl/α,β-unsaturated/α-hetero) is 1. The van der Waals surface area contributed by atoms with E-state index in [0.29, 0.717) is 27.9 Å². The van der Waals surface area contributed by atoms with Crippen LogP contribution in [-0.4, -0.2) is 34.8 Å². The van der Waals surface area contributed by atoms with E-state index in [1.807, 2.05) is 31.2 Å². The largest absolute Gasteiger partial charge is 0.334 e. The predicted molar refractivity (Wildman–Crippen MR) is 121 cm³/mol. The van der Waals surface area contributed by atoms with Crippen LogP contribution >= 0.6 is 23.5 Å². The van der Waals surface area contributed by atoms with Crippen molar-refractivity contribution in [1.82, 2.24) is 4.90 Å². The third-order valence-corrected chi connectivity index (χ3v) is 7.15. The maximum absolute atomic E-state index is 13.2. The molecule has 2 heterocycles. The van der Waals surface area contributed by atoms with Crippen molar-refractivity contribution in [2.24, 2.45) is 4.99 Å². The lowest BCUT2D eigenvalue weighted by Gasteiger charge is -2.19. The quantitative estimate of drug-likeness (QED) is 0.495. The Morgan fingerprint density at radius 3 is 2.48 bits per heavy atom. The van der Waals surface area contributed by atoms with Crippen LogP contribution in [0, 0.1) is 0 Å². The van der Waals surface area contributed by atoms with Gasteiger partial charge < -0.3 is 4.90 Å². The van der Waals surface area contributed by atoms with Crippen molar-refractivity contribution >= 4 is 51.8 Å². The van der Waals surface area contributed by atoms with Crippen LogP contribution in [-0.2, 0) is 4.79 Å². The highest BCUT2D eigenvalue weighted by molar-refractivity contribution is 8.19. The summed E-state index contributed by atoms with van der Waals surface area (Å²) in [6, 6.07) is 15.4. The lowest BCUT2D eigenvalue weighted by atomic mass is 10.1. The number of aliphatic imine (C=N–C) groups is 1. The molecule has 0 saturated carbocycles. The van der Waals surface area contributed by atoms with Crippen molar-refractivity contribution in [3.8, 4) is 0 Å². The molecule has 0 N–H and O–H groups in total. The monoisotopic (exact) mass is 423 g/mol. The number of para-hydroxylation sites is 1. The second-order valence-electron chi connectivity index (χ2n) is 6.60. The summed E-state index contributed by atoms with van der Waals surface area (Å²) in [6.07, 6.45) is 0. The Morgan fingerprint density at radius 1 is 1.00 bits per heavy atom. The molecule has 2 aliphatic heterocycles. The van der Waals surface area contributed by atoms with Crippen LogP contribution in [0.4, 0.5) is 11.4 Å². The van der Waals surface area contributed by atoms with Crippen molar-refractivity contribution in [3.63, 3.8) is 0 Å². The standard InChI is InChI=1S/C22H21N3O2S2/c1-4-24-17-11-6-7-12-18(17)28-21(24)19-20(27)25(5-2)22(29-19)23-16-10-8-9-15(13-16)14(3)26/h6-13H,4-5H2,1-3H3/b21-19-,23-22?. The molecular formula is C22H21N3O2S2. The minimum absolute atomic E-state index is 0.00364. The molecule has 0 radical (unpaired) electrons. The number of benzene rings is 2. The van der Waals surface area contributed by atoms with E-state index in [1.54, 1.807) is 28.8 Å². The highest BCUT2D eigenvalue weighted by Gasteiger charge is 2.38. The van der Waals surface area contributed by atoms with E-state index in [9.17, 15) is 9.59 Å². The van der Waals surface area contributed by atoms with Crippen molar-refractivity contribution in [2.75, 3.05) is 18.0 Å². The highest BCUT2D eigenvalue weighted by atomic mass is 32.2. The summed E-state index contributed by atoms with van der Waals surface area (Å²) in [5.74, 6) is -0.0243. The van der Waals surface area contributed by atoms with Gasteiger partial charge in [-0.15, -0.1) is 0 Å². The molecule has 5 nitrogen and oxygen atoms in total. The second-order valence-corrected chi connectivity index (χ2v) is 8.61. The number of amides is 1. The number of ketones is 1. The summed E-state index contributed by atoms with van der Waals surface area (Å²) < 4.78 is 0. The fourth-order valence-corrected chi connectivity index (χ4v) is 5.78. The molecule has 1 saturated heterocycles. The Balaban J connectivity index is 1.74. The fourth-order valence-electron chi connectivity index (χ4n) is 3.32. The van der Waals surface area contributed by atoms with Gasteiger partial charge in [-0.3, -0.25) is 14.5 Å². The van der Waals surface area contributed by atoms with E-state index in [4.69, 9.17) is 4.99 Å². The van der Waals surface area contributed by atoms with E-state index in [1.165, 1.54) is 18.7 Å². The molecule has 1 fully saturated rings. The number of hydrogen-bond donors (Lipinski definition) is 0. The van der Waals surface area contributed by atoms with Gasteiger partial charge in [-0.05, 0) is 56.8 Å². The molecular weight excluding hydrogens is 402 g/mol. The van der Waals surface area contributed by atoms with Crippen LogP contribution in [0.3, 0.4) is 0 Å². The van der Waals surface area contributed by atoms with Gasteiger partial charge in [0.1, 0.15) is 9.93 Å². The van der Waals surface area contributed by atoms with Crippen LogP contribution in [0.5, 0.6) is 0 Å². The van der Waals surface area contributed by atoms with Crippen LogP contribution in [0.1, 0.15) is 31.1 Å². The van der Waals surface area contributed by atoms with Crippen molar-refractivity contribution in [1.29, 1.82) is 0 Å². The summed E-state index contributed by atoms with van der Waals surface area (Å²) in [5.41, 5.74) is 2.42. The number of nitrogens with zero attached hydrogens (tertiary/aromatic N) is 3. The van der Waals surface area contributed by atoms with E-state index in [-0.39, 0.29) is 11.7 Å². The zero-order valence-electron chi connectivity index (χ0n) is 16.5. The first kappa shape index (κ1) is 19.8. The Morgan fingerprint density at radius 2 is 1.76 bits per heavy atom. The summed E-state index contributed by atoms with van der Waals surface area (Å²) >= 11 is 3.04. The smallest absolute Gasteiger partial charge is 0.269 e. The maximum Gasteiger partial charge on any atom is 0.269 e. The van der Waals surface area contributed by atoms with Gasteiger partial charge in [0.2, 0.25) is 0 Å². The molecule has 148 valence electrons. The Bertz CT molecular complexity index is 1060. The van der Waals surface area contributed by atoms with Gasteiger partial charge in [0.25, 0.3) is 5.91 Å². The summed E-state index contributed by atoms with van der Waals surface area (Å²) in [4.78, 5) is 35.3. The van der Waals surface area contributed by atoms with Gasteiger partial charge in [0.15, 0.2) is 11.0 Å². The zero-order chi connectivity index (χ0) is 20.5. The number of amidine groups is 1. The molecule has 29 heavy (non-hydrogen) atoms. The minimum atomic E-state index is -0.0206. The Hall–Kier alpha value is -2.51. The number of carbonyl (C=O) groups excluding carboxylic acids is 2. The predicted octanol–water partition coefficient (Wildman–Crippen LogP) is 5.27. The van der Waals surface area contributed by atoms with Crippen molar-refractivity contribution in [2.45, 2.75) is 25.7 Å². The SMILES string of the molecule is CCN1C(=O)/C(=C2/Sc3ccccc3N2CC)SC1=Nc1cccc(C(C)=O)c1. The highest BCUT2D eigenvalue weighted by Crippen LogP contribution is 2.50. The topological polar surface area (TPSA) is 53.0 Å². The van der Waals surface area contributed by atoms with Crippen molar-refractivity contribution in [3.05, 3.63) is 64.0 Å². The molecule has 2 aliphatic rings. The molecule has 1 amide bonds. The van der Waals surface area contributed by atoms with Crippen LogP contribution < -0.4 is 4.90 Å². The first-order valence-electron chi connectivity index (χ1n) is 9.51. The van der Waals surface area contributed by atoms with E-state index in [2.05, 4.69) is 24.0 Å². The second kappa shape index (κ2) is 8.08. The third kappa shape index (κ3) is 3.60. The fraction of sp³-hybridized carbons (Fsp3) is 0.227. The van der Waals surface area contributed by atoms with Crippen LogP contribution in [0.15, 0.2) is 68.4 Å². The average Bonchev–Trinajstić information content (AvgIpc) is 3.24. The Kier molecular flexibility index (Phi) is 5.52. The zero-order valence-corrected chi connectivity index (χ0v) is 18.1. The number of rotatable bonds is 4. The van der Waals surface area contributed by atoms with Gasteiger partial charge in [-0.2, -0.15) is 0 Å². The van der Waals surface area contributed by atoms with Crippen molar-refractivity contribution < 1.29 is 9.59 Å². The van der Waals surface area contributed by atoms with Gasteiger partial charge in [-0.1, -0.05) is 36.0 Å². The number of likely N-dealkylation sites (N-methyl/N-ethyl adjacent to an activating group) is 1. The van der Waals surface area contributed by atoms with Gasteiger partial charge in [0, 0.05) is 23.5 Å². The summed E-state index contributed by atoms with van der Waals surface area (Å²) in [5, 5.41) is 1.61. The summed E-state index contributed by atoms with van der Waals surface area (Å²) in [6.45, 7) is 6.90. The number of hydrogen-bond acceptors (Lipinski definition) is 6. The molecule has 2 aromatic carbocycles. The Labute approximate surface area is 178 Å². The first-order valence-corrected chi connectivity index (χ1v) is 11.1. The summed E-state index contributed by atoms with van der Waals surface area (Å²) in [7, 11) is 0. The molecule has 0 aliphatic carbocycles. The molecule has 0 aromatic heterocycles. The first-order chi connectivity index (χ1) is 14.0. The molecule has 0 atom stereocenters. The number of thioether (sulfide) groups is 2. The molecule has 0 bridgehead atoms. The lowest BCUT2D eigenvalue weighted by Crippen LogP contribution is -2.29. The van der Waals surface area contributed by atoms with Gasteiger partial charge in [0.05, 0.1) is 11.4 Å². The average molecular weight is 424 g/mol. The third-order valence-electron chi connectivity index (χ3n) is 4.78. The van der Waals surface area contributed by atoms with Crippen LogP contribution in [0.2, 0.25) is 0 Å². The van der Waals surface area contributed by atoms with E-state index in [0.717, 1.165) is 22.2 Å². The lowest BCUT2D eigenvalue weighted by molar-refractivity contribution is -0.122.